The fourth-order valence-electron chi connectivity index (χ4n) is 2.41. The van der Waals surface area contributed by atoms with Crippen molar-refractivity contribution in [2.75, 3.05) is 26.8 Å². The zero-order valence-corrected chi connectivity index (χ0v) is 12.3. The number of hydrogen-bond acceptors (Lipinski definition) is 3. The average Bonchev–Trinajstić information content (AvgIpc) is 2.55. The molecule has 112 valence electrons. The van der Waals surface area contributed by atoms with Gasteiger partial charge in [-0.2, -0.15) is 0 Å². The summed E-state index contributed by atoms with van der Waals surface area (Å²) in [7, 11) is 1.69. The van der Waals surface area contributed by atoms with Gasteiger partial charge >= 0.3 is 0 Å². The average molecular weight is 287 g/mol. The van der Waals surface area contributed by atoms with Crippen molar-refractivity contribution in [2.45, 2.75) is 25.4 Å². The highest BCUT2D eigenvalue weighted by Gasteiger charge is 2.24. The van der Waals surface area contributed by atoms with Crippen molar-refractivity contribution in [1.82, 2.24) is 4.90 Å². The molecule has 0 bridgehead atoms. The van der Waals surface area contributed by atoms with E-state index < -0.39 is 0 Å². The molecule has 0 saturated carbocycles. The maximum Gasteiger partial charge on any atom is 0.253 e. The Bertz CT molecular complexity index is 527. The van der Waals surface area contributed by atoms with Crippen molar-refractivity contribution in [1.29, 1.82) is 0 Å². The minimum Gasteiger partial charge on any atom is -0.395 e. The number of piperidine rings is 1. The molecule has 1 aliphatic rings. The van der Waals surface area contributed by atoms with Gasteiger partial charge in [-0.25, -0.2) is 0 Å². The van der Waals surface area contributed by atoms with Gasteiger partial charge in [0.25, 0.3) is 5.91 Å². The summed E-state index contributed by atoms with van der Waals surface area (Å²) in [6, 6.07) is 7.30. The van der Waals surface area contributed by atoms with Crippen LogP contribution in [-0.4, -0.2) is 48.8 Å². The molecule has 0 aliphatic carbocycles. The van der Waals surface area contributed by atoms with Crippen LogP contribution in [0.15, 0.2) is 24.3 Å². The van der Waals surface area contributed by atoms with Crippen LogP contribution in [0.4, 0.5) is 0 Å². The molecule has 1 atom stereocenters. The third-order valence-electron chi connectivity index (χ3n) is 3.60. The van der Waals surface area contributed by atoms with E-state index in [1.807, 2.05) is 29.2 Å². The number of amides is 1. The number of nitrogens with zero attached hydrogens (tertiary/aromatic N) is 1. The van der Waals surface area contributed by atoms with E-state index >= 15 is 0 Å². The normalized spacial score (nSPS) is 18.0. The number of likely N-dealkylation sites (tertiary alicyclic amines) is 1. The molecule has 4 nitrogen and oxygen atoms in total. The summed E-state index contributed by atoms with van der Waals surface area (Å²) in [5.74, 6) is 5.87. The van der Waals surface area contributed by atoms with E-state index in [1.54, 1.807) is 7.11 Å². The fraction of sp³-hybridized carbons (Fsp3) is 0.471. The molecular formula is C17H21NO3. The SMILES string of the molecule is COC1CCCN(C(=O)c2ccc(C#CCCO)cc2)C1. The number of aliphatic hydroxyl groups excluding tert-OH is 1. The Hall–Kier alpha value is -1.83. The zero-order valence-electron chi connectivity index (χ0n) is 12.3. The topological polar surface area (TPSA) is 49.8 Å². The Kier molecular flexibility index (Phi) is 5.79. The Morgan fingerprint density at radius 1 is 1.43 bits per heavy atom. The molecule has 1 aromatic carbocycles. The van der Waals surface area contributed by atoms with Crippen LogP contribution in [0.2, 0.25) is 0 Å². The lowest BCUT2D eigenvalue weighted by Gasteiger charge is -2.32. The Balaban J connectivity index is 2.01. The Morgan fingerprint density at radius 2 is 2.19 bits per heavy atom. The highest BCUT2D eigenvalue weighted by atomic mass is 16.5. The van der Waals surface area contributed by atoms with Gasteiger partial charge in [0.05, 0.1) is 12.7 Å². The summed E-state index contributed by atoms with van der Waals surface area (Å²) in [4.78, 5) is 14.3. The molecule has 4 heteroatoms. The smallest absolute Gasteiger partial charge is 0.253 e. The quantitative estimate of drug-likeness (QED) is 0.860. The molecule has 21 heavy (non-hydrogen) atoms. The Labute approximate surface area is 125 Å². The summed E-state index contributed by atoms with van der Waals surface area (Å²) < 4.78 is 5.35. The Morgan fingerprint density at radius 3 is 2.86 bits per heavy atom. The lowest BCUT2D eigenvalue weighted by molar-refractivity contribution is 0.0269. The largest absolute Gasteiger partial charge is 0.395 e. The minimum absolute atomic E-state index is 0.0478. The molecule has 0 spiro atoms. The molecule has 1 heterocycles. The molecule has 0 aromatic heterocycles. The number of ether oxygens (including phenoxy) is 1. The number of hydrogen-bond donors (Lipinski definition) is 1. The first kappa shape index (κ1) is 15.6. The summed E-state index contributed by atoms with van der Waals surface area (Å²) in [6.45, 7) is 1.52. The number of aliphatic hydroxyl groups is 1. The second kappa shape index (κ2) is 7.82. The zero-order chi connectivity index (χ0) is 15.1. The fourth-order valence-corrected chi connectivity index (χ4v) is 2.41. The standard InChI is InChI=1S/C17H21NO3/c1-21-16-6-4-11-18(13-16)17(20)15-9-7-14(8-10-15)5-2-3-12-19/h7-10,16,19H,3-4,6,11-13H2,1H3. The molecule has 1 unspecified atom stereocenters. The van der Waals surface area contributed by atoms with E-state index in [1.165, 1.54) is 0 Å². The van der Waals surface area contributed by atoms with Gasteiger partial charge in [0.2, 0.25) is 0 Å². The van der Waals surface area contributed by atoms with Gasteiger partial charge < -0.3 is 14.7 Å². The van der Waals surface area contributed by atoms with Crippen molar-refractivity contribution < 1.29 is 14.6 Å². The van der Waals surface area contributed by atoms with Gasteiger partial charge in [-0.15, -0.1) is 0 Å². The molecule has 1 saturated heterocycles. The summed E-state index contributed by atoms with van der Waals surface area (Å²) >= 11 is 0. The summed E-state index contributed by atoms with van der Waals surface area (Å²) in [6.07, 6.45) is 2.60. The van der Waals surface area contributed by atoms with Crippen molar-refractivity contribution >= 4 is 5.91 Å². The van der Waals surface area contributed by atoms with Gasteiger partial charge in [-0.1, -0.05) is 11.8 Å². The first-order chi connectivity index (χ1) is 10.2. The number of rotatable bonds is 3. The van der Waals surface area contributed by atoms with Crippen molar-refractivity contribution in [3.63, 3.8) is 0 Å². The first-order valence-electron chi connectivity index (χ1n) is 7.26. The van der Waals surface area contributed by atoms with Gasteiger partial charge in [0, 0.05) is 37.7 Å². The maximum atomic E-state index is 12.4. The van der Waals surface area contributed by atoms with Crippen molar-refractivity contribution in [3.05, 3.63) is 35.4 Å². The monoisotopic (exact) mass is 287 g/mol. The predicted molar refractivity (Wildman–Crippen MR) is 81.0 cm³/mol. The van der Waals surface area contributed by atoms with Gasteiger partial charge in [-0.05, 0) is 37.1 Å². The number of benzene rings is 1. The van der Waals surface area contributed by atoms with Crippen LogP contribution in [0.3, 0.4) is 0 Å². The lowest BCUT2D eigenvalue weighted by atomic mass is 10.1. The van der Waals surface area contributed by atoms with E-state index in [9.17, 15) is 4.79 Å². The summed E-state index contributed by atoms with van der Waals surface area (Å²) in [5.41, 5.74) is 1.54. The number of carbonyl (C=O) groups excluding carboxylic acids is 1. The highest BCUT2D eigenvalue weighted by Crippen LogP contribution is 2.16. The lowest BCUT2D eigenvalue weighted by Crippen LogP contribution is -2.42. The number of methoxy groups -OCH3 is 1. The molecule has 0 radical (unpaired) electrons. The molecule has 1 aromatic rings. The van der Waals surface area contributed by atoms with Crippen LogP contribution < -0.4 is 0 Å². The van der Waals surface area contributed by atoms with Crippen molar-refractivity contribution in [3.8, 4) is 11.8 Å². The van der Waals surface area contributed by atoms with E-state index in [2.05, 4.69) is 11.8 Å². The molecule has 1 fully saturated rings. The van der Waals surface area contributed by atoms with Crippen LogP contribution in [0, 0.1) is 11.8 Å². The molecule has 2 rings (SSSR count). The van der Waals surface area contributed by atoms with E-state index in [0.717, 1.165) is 24.9 Å². The van der Waals surface area contributed by atoms with Gasteiger partial charge in [0.15, 0.2) is 0 Å². The maximum absolute atomic E-state index is 12.4. The molecule has 1 aliphatic heterocycles. The van der Waals surface area contributed by atoms with E-state index in [-0.39, 0.29) is 18.6 Å². The second-order valence-electron chi connectivity index (χ2n) is 5.10. The third kappa shape index (κ3) is 4.32. The van der Waals surface area contributed by atoms with Crippen LogP contribution in [0.25, 0.3) is 0 Å². The first-order valence-corrected chi connectivity index (χ1v) is 7.26. The number of carbonyl (C=O) groups is 1. The van der Waals surface area contributed by atoms with E-state index in [4.69, 9.17) is 9.84 Å². The molecule has 1 N–H and O–H groups in total. The predicted octanol–water partition coefficient (Wildman–Crippen LogP) is 1.67. The van der Waals surface area contributed by atoms with Gasteiger partial charge in [-0.3, -0.25) is 4.79 Å². The van der Waals surface area contributed by atoms with Crippen molar-refractivity contribution in [2.24, 2.45) is 0 Å². The third-order valence-corrected chi connectivity index (χ3v) is 3.60. The van der Waals surface area contributed by atoms with Crippen LogP contribution in [0.5, 0.6) is 0 Å². The molecule has 1 amide bonds. The second-order valence-corrected chi connectivity index (χ2v) is 5.10. The van der Waals surface area contributed by atoms with Gasteiger partial charge in [0.1, 0.15) is 0 Å². The van der Waals surface area contributed by atoms with E-state index in [0.29, 0.717) is 18.5 Å². The van der Waals surface area contributed by atoms with Crippen LogP contribution >= 0.6 is 0 Å². The summed E-state index contributed by atoms with van der Waals surface area (Å²) in [5, 5.41) is 8.68. The van der Waals surface area contributed by atoms with Crippen LogP contribution in [-0.2, 0) is 4.74 Å². The molecular weight excluding hydrogens is 266 g/mol. The van der Waals surface area contributed by atoms with Crippen LogP contribution in [0.1, 0.15) is 35.2 Å². The highest BCUT2D eigenvalue weighted by molar-refractivity contribution is 5.94. The minimum atomic E-state index is 0.0478.